The first-order valence-corrected chi connectivity index (χ1v) is 7.21. The van der Waals surface area contributed by atoms with Crippen LogP contribution < -0.4 is 11.0 Å². The van der Waals surface area contributed by atoms with Crippen LogP contribution in [0.3, 0.4) is 0 Å². The van der Waals surface area contributed by atoms with E-state index in [9.17, 15) is 4.79 Å². The first-order chi connectivity index (χ1) is 8.72. The van der Waals surface area contributed by atoms with Crippen LogP contribution in [0.4, 0.5) is 0 Å². The summed E-state index contributed by atoms with van der Waals surface area (Å²) in [6.07, 6.45) is 1.09. The molecule has 0 radical (unpaired) electrons. The van der Waals surface area contributed by atoms with Crippen molar-refractivity contribution in [3.8, 4) is 0 Å². The van der Waals surface area contributed by atoms with E-state index in [1.54, 1.807) is 23.4 Å². The van der Waals surface area contributed by atoms with Crippen molar-refractivity contribution in [2.24, 2.45) is 0 Å². The fraction of sp³-hybridized carbons (Fsp3) is 0.818. The highest BCUT2D eigenvalue weighted by Gasteiger charge is 2.12. The van der Waals surface area contributed by atoms with Crippen LogP contribution in [-0.2, 0) is 11.3 Å². The monoisotopic (exact) mass is 274 g/mol. The van der Waals surface area contributed by atoms with E-state index in [2.05, 4.69) is 22.4 Å². The van der Waals surface area contributed by atoms with Gasteiger partial charge in [0, 0.05) is 25.4 Å². The molecule has 7 heteroatoms. The molecule has 2 N–H and O–H groups in total. The highest BCUT2D eigenvalue weighted by Crippen LogP contribution is 2.14. The number of aromatic amines is 1. The van der Waals surface area contributed by atoms with E-state index >= 15 is 0 Å². The van der Waals surface area contributed by atoms with Crippen LogP contribution in [0.1, 0.15) is 20.3 Å². The van der Waals surface area contributed by atoms with Crippen LogP contribution in [0, 0.1) is 0 Å². The van der Waals surface area contributed by atoms with Crippen LogP contribution in [0.5, 0.6) is 0 Å². The number of nitrogens with one attached hydrogen (secondary N) is 2. The lowest BCUT2D eigenvalue weighted by molar-refractivity contribution is 0.174. The molecule has 1 aromatic rings. The quantitative estimate of drug-likeness (QED) is 0.649. The molecule has 0 aliphatic carbocycles. The average Bonchev–Trinajstić information content (AvgIpc) is 2.73. The van der Waals surface area contributed by atoms with E-state index in [0.717, 1.165) is 23.9 Å². The summed E-state index contributed by atoms with van der Waals surface area (Å²) in [6.45, 7) is 6.33. The van der Waals surface area contributed by atoms with Gasteiger partial charge in [0.2, 0.25) is 0 Å². The Labute approximate surface area is 111 Å². The fourth-order valence-corrected chi connectivity index (χ4v) is 2.63. The van der Waals surface area contributed by atoms with Gasteiger partial charge in [-0.15, -0.1) is 5.10 Å². The lowest BCUT2D eigenvalue weighted by Crippen LogP contribution is -2.36. The Balaban J connectivity index is 2.52. The lowest BCUT2D eigenvalue weighted by atomic mass is 10.3. The van der Waals surface area contributed by atoms with E-state index < -0.39 is 0 Å². The summed E-state index contributed by atoms with van der Waals surface area (Å²) in [7, 11) is 1.70. The van der Waals surface area contributed by atoms with Crippen molar-refractivity contribution < 1.29 is 4.74 Å². The first-order valence-electron chi connectivity index (χ1n) is 6.23. The van der Waals surface area contributed by atoms with Crippen molar-refractivity contribution in [2.75, 3.05) is 26.0 Å². The number of nitrogens with zero attached hydrogens (tertiary/aromatic N) is 2. The molecule has 0 bridgehead atoms. The molecule has 0 aromatic carbocycles. The zero-order valence-electron chi connectivity index (χ0n) is 11.2. The Kier molecular flexibility index (Phi) is 7.07. The zero-order valence-corrected chi connectivity index (χ0v) is 12.0. The van der Waals surface area contributed by atoms with Crippen molar-refractivity contribution >= 4 is 11.8 Å². The Morgan fingerprint density at radius 2 is 2.33 bits per heavy atom. The van der Waals surface area contributed by atoms with Crippen molar-refractivity contribution in [2.45, 2.75) is 38.0 Å². The largest absolute Gasteiger partial charge is 0.383 e. The van der Waals surface area contributed by atoms with Crippen LogP contribution in [0.25, 0.3) is 0 Å². The molecule has 0 saturated heterocycles. The molecule has 1 heterocycles. The SMILES string of the molecule is CCCNC(COC)CSc1n[nH]c(=O)n1CC. The highest BCUT2D eigenvalue weighted by atomic mass is 32.2. The Bertz CT molecular complexity index is 391. The minimum Gasteiger partial charge on any atom is -0.383 e. The van der Waals surface area contributed by atoms with E-state index in [4.69, 9.17) is 4.74 Å². The van der Waals surface area contributed by atoms with Gasteiger partial charge in [0.05, 0.1) is 6.61 Å². The summed E-state index contributed by atoms with van der Waals surface area (Å²) in [5.74, 6) is 0.831. The summed E-state index contributed by atoms with van der Waals surface area (Å²) in [4.78, 5) is 11.4. The second kappa shape index (κ2) is 8.34. The number of H-pyrrole nitrogens is 1. The number of hydrogen-bond acceptors (Lipinski definition) is 5. The first kappa shape index (κ1) is 15.3. The second-order valence-electron chi connectivity index (χ2n) is 3.97. The molecule has 1 aromatic heterocycles. The number of hydrogen-bond donors (Lipinski definition) is 2. The van der Waals surface area contributed by atoms with E-state index in [1.807, 2.05) is 6.92 Å². The van der Waals surface area contributed by atoms with Gasteiger partial charge >= 0.3 is 5.69 Å². The summed E-state index contributed by atoms with van der Waals surface area (Å²) < 4.78 is 6.81. The molecule has 18 heavy (non-hydrogen) atoms. The normalized spacial score (nSPS) is 12.8. The number of ether oxygens (including phenoxy) is 1. The molecular formula is C11H22N4O2S. The lowest BCUT2D eigenvalue weighted by Gasteiger charge is -2.16. The summed E-state index contributed by atoms with van der Waals surface area (Å²) >= 11 is 1.57. The summed E-state index contributed by atoms with van der Waals surface area (Å²) in [6, 6.07) is 0.275. The van der Waals surface area contributed by atoms with Gasteiger partial charge in [-0.1, -0.05) is 18.7 Å². The van der Waals surface area contributed by atoms with Gasteiger partial charge in [0.25, 0.3) is 0 Å². The fourth-order valence-electron chi connectivity index (χ4n) is 1.58. The third-order valence-corrected chi connectivity index (χ3v) is 3.64. The Morgan fingerprint density at radius 1 is 1.56 bits per heavy atom. The van der Waals surface area contributed by atoms with Crippen LogP contribution in [-0.4, -0.2) is 46.8 Å². The third-order valence-electron chi connectivity index (χ3n) is 2.50. The Morgan fingerprint density at radius 3 is 2.94 bits per heavy atom. The third kappa shape index (κ3) is 4.47. The maximum atomic E-state index is 11.4. The van der Waals surface area contributed by atoms with Gasteiger partial charge in [-0.05, 0) is 19.9 Å². The minimum absolute atomic E-state index is 0.148. The van der Waals surface area contributed by atoms with Crippen molar-refractivity contribution in [1.29, 1.82) is 0 Å². The molecule has 0 amide bonds. The molecule has 0 saturated carbocycles. The van der Waals surface area contributed by atoms with Gasteiger partial charge in [0.15, 0.2) is 5.16 Å². The standard InChI is InChI=1S/C11H22N4O2S/c1-4-6-12-9(7-17-3)8-18-11-14-13-10(16)15(11)5-2/h9,12H,4-8H2,1-3H3,(H,13,16). The van der Waals surface area contributed by atoms with Crippen LogP contribution in [0.2, 0.25) is 0 Å². The number of thioether (sulfide) groups is 1. The topological polar surface area (TPSA) is 71.9 Å². The minimum atomic E-state index is -0.148. The maximum Gasteiger partial charge on any atom is 0.343 e. The molecule has 1 unspecified atom stereocenters. The van der Waals surface area contributed by atoms with Gasteiger partial charge < -0.3 is 10.1 Å². The van der Waals surface area contributed by atoms with Gasteiger partial charge in [-0.3, -0.25) is 4.57 Å². The van der Waals surface area contributed by atoms with Gasteiger partial charge in [-0.25, -0.2) is 9.89 Å². The van der Waals surface area contributed by atoms with Crippen molar-refractivity contribution in [3.63, 3.8) is 0 Å². The molecule has 104 valence electrons. The molecule has 1 rings (SSSR count). The second-order valence-corrected chi connectivity index (χ2v) is 4.96. The predicted molar refractivity (Wildman–Crippen MR) is 73.2 cm³/mol. The van der Waals surface area contributed by atoms with Crippen LogP contribution >= 0.6 is 11.8 Å². The molecule has 1 atom stereocenters. The Hall–Kier alpha value is -0.790. The van der Waals surface area contributed by atoms with E-state index in [0.29, 0.717) is 13.2 Å². The number of methoxy groups -OCH3 is 1. The van der Waals surface area contributed by atoms with Gasteiger partial charge in [-0.2, -0.15) is 0 Å². The molecule has 0 aliphatic heterocycles. The molecule has 0 spiro atoms. The van der Waals surface area contributed by atoms with Gasteiger partial charge in [0.1, 0.15) is 0 Å². The van der Waals surface area contributed by atoms with E-state index in [-0.39, 0.29) is 11.7 Å². The van der Waals surface area contributed by atoms with Crippen molar-refractivity contribution in [1.82, 2.24) is 20.1 Å². The molecular weight excluding hydrogens is 252 g/mol. The molecule has 0 fully saturated rings. The zero-order chi connectivity index (χ0) is 13.4. The maximum absolute atomic E-state index is 11.4. The average molecular weight is 274 g/mol. The molecule has 6 nitrogen and oxygen atoms in total. The van der Waals surface area contributed by atoms with Crippen LogP contribution in [0.15, 0.2) is 9.95 Å². The predicted octanol–water partition coefficient (Wildman–Crippen LogP) is 0.698. The summed E-state index contributed by atoms with van der Waals surface area (Å²) in [5, 5.41) is 10.6. The molecule has 0 aliphatic rings. The smallest absolute Gasteiger partial charge is 0.343 e. The highest BCUT2D eigenvalue weighted by molar-refractivity contribution is 7.99. The number of aromatic nitrogens is 3. The van der Waals surface area contributed by atoms with Crippen molar-refractivity contribution in [3.05, 3.63) is 10.5 Å². The number of rotatable bonds is 9. The van der Waals surface area contributed by atoms with E-state index in [1.165, 1.54) is 0 Å². The summed E-state index contributed by atoms with van der Waals surface area (Å²) in [5.41, 5.74) is -0.148.